The quantitative estimate of drug-likeness (QED) is 0.191. The van der Waals surface area contributed by atoms with Gasteiger partial charge in [0.1, 0.15) is 23.8 Å². The Bertz CT molecular complexity index is 2590. The maximum absolute atomic E-state index is 9.60. The van der Waals surface area contributed by atoms with Gasteiger partial charge in [-0.1, -0.05) is 97.1 Å². The van der Waals surface area contributed by atoms with E-state index in [2.05, 4.69) is 118 Å². The molecule has 216 valence electrons. The Morgan fingerprint density at radius 2 is 1.41 bits per heavy atom. The number of furan rings is 1. The van der Waals surface area contributed by atoms with Gasteiger partial charge in [0.2, 0.25) is 0 Å². The van der Waals surface area contributed by atoms with E-state index in [1.807, 2.05) is 42.5 Å². The molecule has 0 amide bonds. The zero-order valence-corrected chi connectivity index (χ0v) is 24.6. The molecule has 4 heterocycles. The van der Waals surface area contributed by atoms with Crippen LogP contribution in [0.5, 0.6) is 0 Å². The highest BCUT2D eigenvalue weighted by atomic mass is 16.3. The van der Waals surface area contributed by atoms with Crippen molar-refractivity contribution in [1.29, 1.82) is 5.26 Å². The first-order valence-electron chi connectivity index (χ1n) is 15.4. The summed E-state index contributed by atoms with van der Waals surface area (Å²) in [5.41, 5.74) is 8.93. The summed E-state index contributed by atoms with van der Waals surface area (Å²) in [6.45, 7) is 0. The Labute approximate surface area is 264 Å². The molecule has 6 aromatic carbocycles. The molecule has 2 aliphatic heterocycles. The number of nitrogens with zero attached hydrogens (tertiary/aromatic N) is 5. The van der Waals surface area contributed by atoms with Crippen molar-refractivity contribution in [2.75, 3.05) is 0 Å². The number of benzene rings is 6. The SMILES string of the molecule is N#Cc1cccc(C2=NC(c3ccccc3)N3C(c4cccc(-n5c6ccccc6c6ccc7c8ccccc8oc7c65)c4)N23)c1. The summed E-state index contributed by atoms with van der Waals surface area (Å²) in [6.07, 6.45) is -0.151. The van der Waals surface area contributed by atoms with Gasteiger partial charge in [0, 0.05) is 32.8 Å². The van der Waals surface area contributed by atoms with E-state index in [4.69, 9.17) is 9.41 Å². The van der Waals surface area contributed by atoms with Crippen molar-refractivity contribution in [3.63, 3.8) is 0 Å². The summed E-state index contributed by atoms with van der Waals surface area (Å²) in [7, 11) is 0. The Morgan fingerprint density at radius 3 is 2.30 bits per heavy atom. The van der Waals surface area contributed by atoms with Crippen LogP contribution in [-0.2, 0) is 0 Å². The maximum atomic E-state index is 9.60. The van der Waals surface area contributed by atoms with Crippen molar-refractivity contribution < 1.29 is 4.42 Å². The number of hydrogen-bond acceptors (Lipinski definition) is 5. The highest BCUT2D eigenvalue weighted by molar-refractivity contribution is 6.21. The number of nitriles is 1. The zero-order chi connectivity index (χ0) is 30.4. The Kier molecular flexibility index (Phi) is 5.16. The molecule has 10 rings (SSSR count). The minimum Gasteiger partial charge on any atom is -0.454 e. The lowest BCUT2D eigenvalue weighted by molar-refractivity contribution is 0.341. The highest BCUT2D eigenvalue weighted by Gasteiger charge is 2.57. The van der Waals surface area contributed by atoms with Gasteiger partial charge in [0.25, 0.3) is 0 Å². The van der Waals surface area contributed by atoms with Gasteiger partial charge in [-0.2, -0.15) is 10.3 Å². The van der Waals surface area contributed by atoms with Crippen molar-refractivity contribution in [3.05, 3.63) is 162 Å². The van der Waals surface area contributed by atoms with E-state index in [0.717, 1.165) is 55.6 Å². The van der Waals surface area contributed by atoms with Crippen molar-refractivity contribution >= 4 is 49.6 Å². The lowest BCUT2D eigenvalue weighted by atomic mass is 10.1. The molecule has 3 atom stereocenters. The van der Waals surface area contributed by atoms with E-state index in [1.165, 1.54) is 16.3 Å². The Balaban J connectivity index is 1.15. The summed E-state index contributed by atoms with van der Waals surface area (Å²) in [4.78, 5) is 5.16. The summed E-state index contributed by atoms with van der Waals surface area (Å²) in [5.74, 6) is 0.877. The van der Waals surface area contributed by atoms with Crippen LogP contribution in [0, 0.1) is 11.3 Å². The van der Waals surface area contributed by atoms with Crippen molar-refractivity contribution in [3.8, 4) is 11.8 Å². The van der Waals surface area contributed by atoms with Gasteiger partial charge in [0.05, 0.1) is 22.7 Å². The topological polar surface area (TPSA) is 60.2 Å². The standard InChI is InChI=1S/C40H25N5O/c41-24-25-10-8-13-27(22-25)39-42-38(26-11-2-1-3-12-26)44-40(45(39)44)28-14-9-15-29(23-28)43-34-18-6-4-16-30(34)32-20-21-33-31-17-5-7-19-35(31)46-37(33)36(32)43/h1-23,38,40H. The molecule has 6 nitrogen and oxygen atoms in total. The number of amidine groups is 1. The van der Waals surface area contributed by atoms with Crippen molar-refractivity contribution in [1.82, 2.24) is 14.6 Å². The fourth-order valence-electron chi connectivity index (χ4n) is 7.30. The molecule has 2 aliphatic rings. The molecule has 0 spiro atoms. The third-order valence-corrected chi connectivity index (χ3v) is 9.34. The second-order valence-electron chi connectivity index (χ2n) is 11.9. The van der Waals surface area contributed by atoms with Crippen LogP contribution in [0.15, 0.2) is 149 Å². The fourth-order valence-corrected chi connectivity index (χ4v) is 7.30. The van der Waals surface area contributed by atoms with Crippen LogP contribution in [0.1, 0.15) is 34.6 Å². The summed E-state index contributed by atoms with van der Waals surface area (Å²) in [6, 6.07) is 50.5. The largest absolute Gasteiger partial charge is 0.454 e. The third kappa shape index (κ3) is 3.52. The van der Waals surface area contributed by atoms with Gasteiger partial charge >= 0.3 is 0 Å². The van der Waals surface area contributed by atoms with E-state index < -0.39 is 0 Å². The molecule has 0 aliphatic carbocycles. The maximum Gasteiger partial charge on any atom is 0.160 e. The minimum atomic E-state index is -0.154. The number of fused-ring (bicyclic) bond motifs is 8. The number of aliphatic imine (C=N–C) groups is 1. The Hall–Kier alpha value is -6.16. The highest BCUT2D eigenvalue weighted by Crippen LogP contribution is 2.54. The lowest BCUT2D eigenvalue weighted by Crippen LogP contribution is -2.12. The number of hydrogen-bond donors (Lipinski definition) is 0. The molecule has 0 bridgehead atoms. The second-order valence-corrected chi connectivity index (χ2v) is 11.9. The van der Waals surface area contributed by atoms with E-state index in [0.29, 0.717) is 5.56 Å². The van der Waals surface area contributed by atoms with Crippen molar-refractivity contribution in [2.45, 2.75) is 12.3 Å². The van der Waals surface area contributed by atoms with Gasteiger partial charge in [-0.3, -0.25) is 5.01 Å². The van der Waals surface area contributed by atoms with Crippen LogP contribution < -0.4 is 0 Å². The second kappa shape index (κ2) is 9.42. The molecule has 0 saturated carbocycles. The predicted molar refractivity (Wildman–Crippen MR) is 181 cm³/mol. The molecular formula is C40H25N5O. The predicted octanol–water partition coefficient (Wildman–Crippen LogP) is 9.25. The van der Waals surface area contributed by atoms with Crippen molar-refractivity contribution in [2.24, 2.45) is 4.99 Å². The lowest BCUT2D eigenvalue weighted by Gasteiger charge is -2.13. The molecule has 0 N–H and O–H groups in total. The van der Waals surface area contributed by atoms with Gasteiger partial charge in [-0.05, 0) is 53.6 Å². The summed E-state index contributed by atoms with van der Waals surface area (Å²) in [5, 5.41) is 18.8. The first-order chi connectivity index (χ1) is 22.8. The number of rotatable bonds is 4. The zero-order valence-electron chi connectivity index (χ0n) is 24.6. The van der Waals surface area contributed by atoms with Crippen LogP contribution in [-0.4, -0.2) is 20.4 Å². The van der Waals surface area contributed by atoms with Crippen LogP contribution in [0.4, 0.5) is 0 Å². The van der Waals surface area contributed by atoms with E-state index in [-0.39, 0.29) is 12.3 Å². The minimum absolute atomic E-state index is 0.00251. The molecule has 2 aromatic heterocycles. The molecule has 0 radical (unpaired) electrons. The Morgan fingerprint density at radius 1 is 0.652 bits per heavy atom. The molecule has 1 saturated heterocycles. The van der Waals surface area contributed by atoms with Crippen LogP contribution >= 0.6 is 0 Å². The van der Waals surface area contributed by atoms with Gasteiger partial charge in [0.15, 0.2) is 5.58 Å². The number of para-hydroxylation sites is 2. The first kappa shape index (κ1) is 25.2. The van der Waals surface area contributed by atoms with E-state index in [9.17, 15) is 5.26 Å². The molecule has 46 heavy (non-hydrogen) atoms. The molecule has 1 fully saturated rings. The number of aromatic nitrogens is 1. The van der Waals surface area contributed by atoms with Crippen LogP contribution in [0.3, 0.4) is 0 Å². The average molecular weight is 592 g/mol. The van der Waals surface area contributed by atoms with Gasteiger partial charge in [-0.25, -0.2) is 4.99 Å². The molecule has 6 heteroatoms. The molecular weight excluding hydrogens is 566 g/mol. The van der Waals surface area contributed by atoms with Gasteiger partial charge < -0.3 is 8.98 Å². The van der Waals surface area contributed by atoms with Crippen LogP contribution in [0.25, 0.3) is 49.4 Å². The van der Waals surface area contributed by atoms with E-state index >= 15 is 0 Å². The van der Waals surface area contributed by atoms with Gasteiger partial charge in [-0.15, -0.1) is 0 Å². The smallest absolute Gasteiger partial charge is 0.160 e. The van der Waals surface area contributed by atoms with Crippen LogP contribution in [0.2, 0.25) is 0 Å². The average Bonchev–Trinajstić information content (AvgIpc) is 3.38. The monoisotopic (exact) mass is 591 g/mol. The fraction of sp³-hybridized carbons (Fsp3) is 0.0500. The molecule has 8 aromatic rings. The number of hydrazine groups is 1. The van der Waals surface area contributed by atoms with E-state index in [1.54, 1.807) is 0 Å². The normalized spacial score (nSPS) is 18.7. The third-order valence-electron chi connectivity index (χ3n) is 9.34. The first-order valence-corrected chi connectivity index (χ1v) is 15.4. The summed E-state index contributed by atoms with van der Waals surface area (Å²) < 4.78 is 8.93. The summed E-state index contributed by atoms with van der Waals surface area (Å²) >= 11 is 0. The molecule has 3 unspecified atom stereocenters.